The molecule has 0 aliphatic carbocycles. The van der Waals surface area contributed by atoms with Crippen LogP contribution in [0.5, 0.6) is 5.75 Å². The zero-order valence-electron chi connectivity index (χ0n) is 12.1. The summed E-state index contributed by atoms with van der Waals surface area (Å²) in [6, 6.07) is 16.4. The molecule has 4 N–H and O–H groups in total. The van der Waals surface area contributed by atoms with Crippen LogP contribution in [0, 0.1) is 16.7 Å². The number of amidine groups is 1. The number of rotatable bonds is 6. The van der Waals surface area contributed by atoms with E-state index in [1.165, 1.54) is 0 Å². The molecule has 23 heavy (non-hydrogen) atoms. The molecule has 0 heterocycles. The SMILES string of the molecule is N#C/C(=N\Nc1cc(Cl)ccc1OCc1ccccc1)C(=N)N. The van der Waals surface area contributed by atoms with Crippen LogP contribution in [0.4, 0.5) is 5.69 Å². The summed E-state index contributed by atoms with van der Waals surface area (Å²) in [5, 5.41) is 20.4. The van der Waals surface area contributed by atoms with Gasteiger partial charge in [0.15, 0.2) is 5.84 Å². The van der Waals surface area contributed by atoms with Gasteiger partial charge in [0.05, 0.1) is 5.69 Å². The van der Waals surface area contributed by atoms with Crippen molar-refractivity contribution in [2.45, 2.75) is 6.61 Å². The summed E-state index contributed by atoms with van der Waals surface area (Å²) in [4.78, 5) is 0. The molecule has 0 aliphatic rings. The Morgan fingerprint density at radius 2 is 2.04 bits per heavy atom. The van der Waals surface area contributed by atoms with Crippen molar-refractivity contribution >= 4 is 28.8 Å². The van der Waals surface area contributed by atoms with Gasteiger partial charge in [-0.25, -0.2) is 0 Å². The predicted octanol–water partition coefficient (Wildman–Crippen LogP) is 3.15. The van der Waals surface area contributed by atoms with Crippen molar-refractivity contribution in [1.82, 2.24) is 0 Å². The van der Waals surface area contributed by atoms with E-state index in [1.54, 1.807) is 24.3 Å². The number of halogens is 1. The molecule has 6 nitrogen and oxygen atoms in total. The molecule has 2 aromatic rings. The lowest BCUT2D eigenvalue weighted by Crippen LogP contribution is -2.21. The van der Waals surface area contributed by atoms with Crippen LogP contribution in [-0.4, -0.2) is 11.5 Å². The molecule has 116 valence electrons. The molecule has 0 atom stereocenters. The molecular weight excluding hydrogens is 314 g/mol. The Kier molecular flexibility index (Phi) is 5.56. The molecule has 7 heteroatoms. The lowest BCUT2D eigenvalue weighted by Gasteiger charge is -2.11. The highest BCUT2D eigenvalue weighted by Gasteiger charge is 2.07. The Morgan fingerprint density at radius 3 is 2.70 bits per heavy atom. The molecule has 0 aliphatic heterocycles. The van der Waals surface area contributed by atoms with E-state index in [9.17, 15) is 0 Å². The highest BCUT2D eigenvalue weighted by molar-refractivity contribution is 6.45. The number of hydrogen-bond donors (Lipinski definition) is 3. The average molecular weight is 328 g/mol. The molecular formula is C16H14ClN5O. The topological polar surface area (TPSA) is 107 Å². The van der Waals surface area contributed by atoms with Crippen LogP contribution in [0.3, 0.4) is 0 Å². The molecule has 0 fully saturated rings. The molecule has 2 aromatic carbocycles. The van der Waals surface area contributed by atoms with E-state index in [1.807, 2.05) is 30.3 Å². The van der Waals surface area contributed by atoms with Gasteiger partial charge in [0, 0.05) is 5.02 Å². The van der Waals surface area contributed by atoms with Crippen molar-refractivity contribution in [1.29, 1.82) is 10.7 Å². The third-order valence-corrected chi connectivity index (χ3v) is 3.06. The maximum absolute atomic E-state index is 8.85. The van der Waals surface area contributed by atoms with Crippen molar-refractivity contribution in [2.75, 3.05) is 5.43 Å². The number of anilines is 1. The first-order valence-electron chi connectivity index (χ1n) is 6.64. The highest BCUT2D eigenvalue weighted by atomic mass is 35.5. The Morgan fingerprint density at radius 1 is 1.30 bits per heavy atom. The van der Waals surface area contributed by atoms with Gasteiger partial charge in [0.25, 0.3) is 0 Å². The summed E-state index contributed by atoms with van der Waals surface area (Å²) in [6.45, 7) is 0.374. The molecule has 0 saturated carbocycles. The predicted molar refractivity (Wildman–Crippen MR) is 90.8 cm³/mol. The number of nitrogens with one attached hydrogen (secondary N) is 2. The summed E-state index contributed by atoms with van der Waals surface area (Å²) in [6.07, 6.45) is 0. The first kappa shape index (κ1) is 16.3. The van der Waals surface area contributed by atoms with Crippen molar-refractivity contribution in [3.63, 3.8) is 0 Å². The highest BCUT2D eigenvalue weighted by Crippen LogP contribution is 2.28. The van der Waals surface area contributed by atoms with Crippen molar-refractivity contribution in [3.05, 3.63) is 59.1 Å². The molecule has 0 radical (unpaired) electrons. The Bertz CT molecular complexity index is 768. The average Bonchev–Trinajstić information content (AvgIpc) is 2.55. The fourth-order valence-electron chi connectivity index (χ4n) is 1.71. The summed E-state index contributed by atoms with van der Waals surface area (Å²) in [7, 11) is 0. The van der Waals surface area contributed by atoms with Crippen LogP contribution < -0.4 is 15.9 Å². The summed E-state index contributed by atoms with van der Waals surface area (Å²) in [5.74, 6) is 0.0941. The molecule has 2 rings (SSSR count). The van der Waals surface area contributed by atoms with Crippen molar-refractivity contribution in [2.24, 2.45) is 10.8 Å². The minimum atomic E-state index is -0.422. The number of nitrogens with zero attached hydrogens (tertiary/aromatic N) is 2. The zero-order chi connectivity index (χ0) is 16.7. The Hall–Kier alpha value is -3.04. The van der Waals surface area contributed by atoms with E-state index in [-0.39, 0.29) is 5.71 Å². The number of ether oxygens (including phenoxy) is 1. The standard InChI is InChI=1S/C16H14ClN5O/c17-12-6-7-15(23-10-11-4-2-1-3-5-11)13(8-12)21-22-14(9-18)16(19)20/h1-8,21H,10H2,(H3,19,20)/b22-14+. The lowest BCUT2D eigenvalue weighted by molar-refractivity contribution is 0.307. The van der Waals surface area contributed by atoms with Gasteiger partial charge in [0.2, 0.25) is 5.71 Å². The second-order valence-corrected chi connectivity index (χ2v) is 4.95. The van der Waals surface area contributed by atoms with Gasteiger partial charge in [-0.05, 0) is 23.8 Å². The molecule has 0 amide bonds. The maximum Gasteiger partial charge on any atom is 0.201 e. The quantitative estimate of drug-likeness (QED) is 0.430. The van der Waals surface area contributed by atoms with Gasteiger partial charge in [-0.2, -0.15) is 10.4 Å². The number of nitriles is 1. The smallest absolute Gasteiger partial charge is 0.201 e. The largest absolute Gasteiger partial charge is 0.487 e. The normalized spacial score (nSPS) is 10.7. The summed E-state index contributed by atoms with van der Waals surface area (Å²) in [5.41, 5.74) is 9.17. The van der Waals surface area contributed by atoms with E-state index in [0.29, 0.717) is 23.1 Å². The number of benzene rings is 2. The fraction of sp³-hybridized carbons (Fsp3) is 0.0625. The molecule has 0 bridgehead atoms. The van der Waals surface area contributed by atoms with Crippen LogP contribution >= 0.6 is 11.6 Å². The third kappa shape index (κ3) is 4.73. The minimum absolute atomic E-state index is 0.223. The number of nitrogens with two attached hydrogens (primary N) is 1. The van der Waals surface area contributed by atoms with E-state index < -0.39 is 5.84 Å². The van der Waals surface area contributed by atoms with Crippen LogP contribution in [-0.2, 0) is 6.61 Å². The second kappa shape index (κ2) is 7.82. The summed E-state index contributed by atoms with van der Waals surface area (Å²) < 4.78 is 5.75. The molecule has 0 spiro atoms. The van der Waals surface area contributed by atoms with Crippen LogP contribution in [0.25, 0.3) is 0 Å². The molecule has 0 unspecified atom stereocenters. The third-order valence-electron chi connectivity index (χ3n) is 2.83. The fourth-order valence-corrected chi connectivity index (χ4v) is 1.88. The van der Waals surface area contributed by atoms with Gasteiger partial charge in [-0.15, -0.1) is 0 Å². The van der Waals surface area contributed by atoms with E-state index in [2.05, 4.69) is 10.5 Å². The van der Waals surface area contributed by atoms with Gasteiger partial charge >= 0.3 is 0 Å². The van der Waals surface area contributed by atoms with Gasteiger partial charge in [-0.3, -0.25) is 10.8 Å². The zero-order valence-corrected chi connectivity index (χ0v) is 12.8. The van der Waals surface area contributed by atoms with E-state index in [4.69, 9.17) is 32.7 Å². The lowest BCUT2D eigenvalue weighted by atomic mass is 10.2. The van der Waals surface area contributed by atoms with Crippen LogP contribution in [0.1, 0.15) is 5.56 Å². The van der Waals surface area contributed by atoms with Crippen molar-refractivity contribution < 1.29 is 4.74 Å². The number of hydrogen-bond acceptors (Lipinski definition) is 5. The Balaban J connectivity index is 2.17. The van der Waals surface area contributed by atoms with E-state index >= 15 is 0 Å². The summed E-state index contributed by atoms with van der Waals surface area (Å²) >= 11 is 5.97. The van der Waals surface area contributed by atoms with Gasteiger partial charge in [-0.1, -0.05) is 41.9 Å². The van der Waals surface area contributed by atoms with Crippen LogP contribution in [0.2, 0.25) is 5.02 Å². The minimum Gasteiger partial charge on any atom is -0.487 e. The second-order valence-electron chi connectivity index (χ2n) is 4.51. The van der Waals surface area contributed by atoms with E-state index in [0.717, 1.165) is 5.56 Å². The van der Waals surface area contributed by atoms with Crippen molar-refractivity contribution in [3.8, 4) is 11.8 Å². The monoisotopic (exact) mass is 327 g/mol. The first-order valence-corrected chi connectivity index (χ1v) is 7.02. The van der Waals surface area contributed by atoms with Crippen LogP contribution in [0.15, 0.2) is 53.6 Å². The van der Waals surface area contributed by atoms with Gasteiger partial charge in [0.1, 0.15) is 18.4 Å². The first-order chi connectivity index (χ1) is 11.1. The maximum atomic E-state index is 8.85. The molecule has 0 aromatic heterocycles. The van der Waals surface area contributed by atoms with Gasteiger partial charge < -0.3 is 10.5 Å². The number of hydrazone groups is 1. The Labute approximate surface area is 138 Å². The molecule has 0 saturated heterocycles.